The molecule has 0 unspecified atom stereocenters. The first-order valence-corrected chi connectivity index (χ1v) is 2.93. The Labute approximate surface area is 55.3 Å². The fourth-order valence-corrected chi connectivity index (χ4v) is 0.667. The Balaban J connectivity index is 2.33. The lowest BCUT2D eigenvalue weighted by Gasteiger charge is -2.32. The van der Waals surface area contributed by atoms with Gasteiger partial charge in [0.15, 0.2) is 0 Å². The van der Waals surface area contributed by atoms with Crippen molar-refractivity contribution in [3.05, 3.63) is 12.3 Å². The van der Waals surface area contributed by atoms with Crippen LogP contribution in [0.25, 0.3) is 0 Å². The van der Waals surface area contributed by atoms with Crippen LogP contribution in [0, 0.1) is 0 Å². The molecule has 0 aromatic carbocycles. The molecule has 1 aliphatic heterocycles. The van der Waals surface area contributed by atoms with Crippen LogP contribution in [0.5, 0.6) is 0 Å². The molecule has 0 bridgehead atoms. The standard InChI is InChI=1S/C6H11N3/c1-7-6-8(2)9-4-3-5-9/h3-4,6H,5H2,1-2H3. The Kier molecular flexibility index (Phi) is 1.72. The third-order valence-electron chi connectivity index (χ3n) is 1.26. The average Bonchev–Trinajstić information content (AvgIpc) is 1.60. The Morgan fingerprint density at radius 3 is 2.78 bits per heavy atom. The van der Waals surface area contributed by atoms with Crippen LogP contribution in [0.4, 0.5) is 0 Å². The van der Waals surface area contributed by atoms with Crippen molar-refractivity contribution in [1.29, 1.82) is 0 Å². The van der Waals surface area contributed by atoms with Gasteiger partial charge in [0.05, 0.1) is 6.54 Å². The second-order valence-electron chi connectivity index (χ2n) is 1.95. The predicted octanol–water partition coefficient (Wildman–Crippen LogP) is 0.321. The van der Waals surface area contributed by atoms with Crippen LogP contribution in [0.1, 0.15) is 0 Å². The molecule has 0 aromatic rings. The van der Waals surface area contributed by atoms with Crippen LogP contribution in [-0.2, 0) is 0 Å². The largest absolute Gasteiger partial charge is 0.288 e. The second kappa shape index (κ2) is 2.53. The minimum Gasteiger partial charge on any atom is -0.288 e. The molecule has 0 radical (unpaired) electrons. The fourth-order valence-electron chi connectivity index (χ4n) is 0.667. The highest BCUT2D eigenvalue weighted by Crippen LogP contribution is 2.02. The molecule has 3 heteroatoms. The van der Waals surface area contributed by atoms with Crippen molar-refractivity contribution in [3.8, 4) is 0 Å². The van der Waals surface area contributed by atoms with Gasteiger partial charge in [0.1, 0.15) is 6.34 Å². The maximum Gasteiger partial charge on any atom is 0.103 e. The van der Waals surface area contributed by atoms with E-state index >= 15 is 0 Å². The number of nitrogens with zero attached hydrogens (tertiary/aromatic N) is 3. The van der Waals surface area contributed by atoms with Crippen molar-refractivity contribution in [3.63, 3.8) is 0 Å². The van der Waals surface area contributed by atoms with Gasteiger partial charge < -0.3 is 0 Å². The molecule has 3 nitrogen and oxygen atoms in total. The van der Waals surface area contributed by atoms with E-state index < -0.39 is 0 Å². The maximum absolute atomic E-state index is 3.86. The summed E-state index contributed by atoms with van der Waals surface area (Å²) in [6.45, 7) is 1.00. The van der Waals surface area contributed by atoms with Crippen LogP contribution in [0.3, 0.4) is 0 Å². The van der Waals surface area contributed by atoms with Crippen LogP contribution < -0.4 is 0 Å². The lowest BCUT2D eigenvalue weighted by atomic mass is 10.4. The van der Waals surface area contributed by atoms with Gasteiger partial charge in [-0.1, -0.05) is 0 Å². The number of aliphatic imine (C=N–C) groups is 1. The van der Waals surface area contributed by atoms with Crippen molar-refractivity contribution in [1.82, 2.24) is 10.0 Å². The first kappa shape index (κ1) is 6.13. The molecule has 9 heavy (non-hydrogen) atoms. The smallest absolute Gasteiger partial charge is 0.103 e. The molecule has 0 amide bonds. The van der Waals surface area contributed by atoms with E-state index in [9.17, 15) is 0 Å². The van der Waals surface area contributed by atoms with Gasteiger partial charge in [-0.25, -0.2) is 0 Å². The Morgan fingerprint density at radius 2 is 2.44 bits per heavy atom. The highest BCUT2D eigenvalue weighted by molar-refractivity contribution is 5.53. The molecule has 1 aliphatic rings. The van der Waals surface area contributed by atoms with E-state index in [0.29, 0.717) is 0 Å². The Morgan fingerprint density at radius 1 is 1.78 bits per heavy atom. The van der Waals surface area contributed by atoms with E-state index in [-0.39, 0.29) is 0 Å². The van der Waals surface area contributed by atoms with E-state index in [4.69, 9.17) is 0 Å². The summed E-state index contributed by atoms with van der Waals surface area (Å²) in [5.74, 6) is 0. The molecule has 50 valence electrons. The zero-order valence-electron chi connectivity index (χ0n) is 5.78. The molecule has 0 aromatic heterocycles. The summed E-state index contributed by atoms with van der Waals surface area (Å²) >= 11 is 0. The Bertz CT molecular complexity index is 139. The van der Waals surface area contributed by atoms with E-state index in [1.165, 1.54) is 0 Å². The van der Waals surface area contributed by atoms with Crippen LogP contribution >= 0.6 is 0 Å². The number of rotatable bonds is 2. The maximum atomic E-state index is 3.86. The van der Waals surface area contributed by atoms with E-state index in [1.807, 2.05) is 18.3 Å². The van der Waals surface area contributed by atoms with Gasteiger partial charge in [0, 0.05) is 20.3 Å². The van der Waals surface area contributed by atoms with Gasteiger partial charge in [-0.2, -0.15) is 0 Å². The van der Waals surface area contributed by atoms with Crippen molar-refractivity contribution in [2.24, 2.45) is 4.99 Å². The first-order valence-electron chi connectivity index (χ1n) is 2.93. The SMILES string of the molecule is CN=CN(C)N1C=CC1. The van der Waals surface area contributed by atoms with Crippen molar-refractivity contribution in [2.75, 3.05) is 20.6 Å². The third kappa shape index (κ3) is 1.22. The molecule has 0 N–H and O–H groups in total. The minimum absolute atomic E-state index is 1.00. The zero-order valence-corrected chi connectivity index (χ0v) is 5.78. The quantitative estimate of drug-likeness (QED) is 0.391. The van der Waals surface area contributed by atoms with Crippen molar-refractivity contribution >= 4 is 6.34 Å². The zero-order chi connectivity index (χ0) is 6.69. The first-order chi connectivity index (χ1) is 4.34. The van der Waals surface area contributed by atoms with Crippen LogP contribution in [0.2, 0.25) is 0 Å². The minimum atomic E-state index is 1.00. The van der Waals surface area contributed by atoms with E-state index in [2.05, 4.69) is 16.1 Å². The van der Waals surface area contributed by atoms with Crippen molar-refractivity contribution < 1.29 is 0 Å². The Hall–Kier alpha value is -0.990. The molecule has 1 heterocycles. The molecule has 0 saturated heterocycles. The molecule has 0 saturated carbocycles. The molecule has 0 fully saturated rings. The van der Waals surface area contributed by atoms with E-state index in [1.54, 1.807) is 13.4 Å². The molecule has 0 aliphatic carbocycles. The van der Waals surface area contributed by atoms with Gasteiger partial charge in [-0.3, -0.25) is 15.0 Å². The molecule has 0 atom stereocenters. The lowest BCUT2D eigenvalue weighted by Crippen LogP contribution is -2.39. The monoisotopic (exact) mass is 125 g/mol. The number of hydrogen-bond acceptors (Lipinski definition) is 2. The van der Waals surface area contributed by atoms with Gasteiger partial charge in [0.2, 0.25) is 0 Å². The number of hydrogen-bond donors (Lipinski definition) is 0. The van der Waals surface area contributed by atoms with E-state index in [0.717, 1.165) is 6.54 Å². The van der Waals surface area contributed by atoms with Crippen LogP contribution in [0.15, 0.2) is 17.3 Å². The normalized spacial score (nSPS) is 16.4. The third-order valence-corrected chi connectivity index (χ3v) is 1.26. The van der Waals surface area contributed by atoms with Crippen LogP contribution in [-0.4, -0.2) is 37.0 Å². The fraction of sp³-hybridized carbons (Fsp3) is 0.500. The summed E-state index contributed by atoms with van der Waals surface area (Å²) in [5.41, 5.74) is 0. The van der Waals surface area contributed by atoms with Gasteiger partial charge >= 0.3 is 0 Å². The lowest BCUT2D eigenvalue weighted by molar-refractivity contribution is 0.135. The van der Waals surface area contributed by atoms with Gasteiger partial charge in [-0.15, -0.1) is 0 Å². The second-order valence-corrected chi connectivity index (χ2v) is 1.95. The summed E-state index contributed by atoms with van der Waals surface area (Å²) in [6, 6.07) is 0. The topological polar surface area (TPSA) is 18.8 Å². The predicted molar refractivity (Wildman–Crippen MR) is 38.0 cm³/mol. The van der Waals surface area contributed by atoms with Gasteiger partial charge in [0.25, 0.3) is 0 Å². The molecule has 0 spiro atoms. The molecular weight excluding hydrogens is 114 g/mol. The number of hydrazine groups is 1. The molecular formula is C6H11N3. The average molecular weight is 125 g/mol. The molecule has 1 rings (SSSR count). The summed E-state index contributed by atoms with van der Waals surface area (Å²) < 4.78 is 0. The summed E-state index contributed by atoms with van der Waals surface area (Å²) in [6.07, 6.45) is 5.89. The highest BCUT2D eigenvalue weighted by Gasteiger charge is 2.05. The van der Waals surface area contributed by atoms with Gasteiger partial charge in [-0.05, 0) is 6.08 Å². The summed E-state index contributed by atoms with van der Waals surface area (Å²) in [7, 11) is 3.73. The highest BCUT2D eigenvalue weighted by atomic mass is 15.6. The summed E-state index contributed by atoms with van der Waals surface area (Å²) in [4.78, 5) is 3.86. The summed E-state index contributed by atoms with van der Waals surface area (Å²) in [5, 5.41) is 4.01. The van der Waals surface area contributed by atoms with Crippen molar-refractivity contribution in [2.45, 2.75) is 0 Å².